The molecule has 1 amide bonds. The van der Waals surface area contributed by atoms with Gasteiger partial charge in [0.25, 0.3) is 5.91 Å². The van der Waals surface area contributed by atoms with Crippen molar-refractivity contribution in [3.8, 4) is 0 Å². The number of anilines is 1. The molecule has 2 aromatic carbocycles. The van der Waals surface area contributed by atoms with E-state index in [1.807, 2.05) is 19.1 Å². The highest BCUT2D eigenvalue weighted by Gasteiger charge is 2.15. The molecule has 110 valence electrons. The monoisotopic (exact) mass is 322 g/mol. The number of rotatable bonds is 3. The quantitative estimate of drug-likeness (QED) is 0.862. The van der Waals surface area contributed by atoms with Gasteiger partial charge in [-0.25, -0.2) is 0 Å². The van der Waals surface area contributed by atoms with Gasteiger partial charge < -0.3 is 10.6 Å². The van der Waals surface area contributed by atoms with E-state index < -0.39 is 0 Å². The van der Waals surface area contributed by atoms with Crippen LogP contribution in [-0.4, -0.2) is 17.9 Å². The Morgan fingerprint density at radius 1 is 1.14 bits per heavy atom. The Hall–Kier alpha value is -1.71. The van der Waals surface area contributed by atoms with Crippen molar-refractivity contribution in [2.45, 2.75) is 13.5 Å². The number of amides is 1. The maximum Gasteiger partial charge on any atom is 0.255 e. The number of nitrogens with two attached hydrogens (primary N) is 1. The van der Waals surface area contributed by atoms with Crippen molar-refractivity contribution in [1.29, 1.82) is 0 Å². The lowest BCUT2D eigenvalue weighted by atomic mass is 10.1. The first-order valence-corrected chi connectivity index (χ1v) is 7.19. The number of carbonyl (C=O) groups excluding carboxylic acids is 1. The van der Waals surface area contributed by atoms with Crippen LogP contribution in [0.1, 0.15) is 21.5 Å². The Kier molecular flexibility index (Phi) is 4.76. The number of hydrogen-bond donors (Lipinski definition) is 1. The highest BCUT2D eigenvalue weighted by molar-refractivity contribution is 6.42. The van der Waals surface area contributed by atoms with Crippen LogP contribution in [0.15, 0.2) is 36.4 Å². The van der Waals surface area contributed by atoms with Gasteiger partial charge in [-0.3, -0.25) is 4.79 Å². The van der Waals surface area contributed by atoms with Gasteiger partial charge >= 0.3 is 0 Å². The van der Waals surface area contributed by atoms with E-state index in [0.29, 0.717) is 27.8 Å². The fraction of sp³-hybridized carbons (Fsp3) is 0.188. The summed E-state index contributed by atoms with van der Waals surface area (Å²) >= 11 is 11.9. The number of halogens is 2. The summed E-state index contributed by atoms with van der Waals surface area (Å²) in [6.45, 7) is 2.36. The number of nitrogen functional groups attached to an aromatic ring is 1. The molecule has 2 N–H and O–H groups in total. The van der Waals surface area contributed by atoms with Crippen molar-refractivity contribution in [2.75, 3.05) is 12.8 Å². The first-order valence-electron chi connectivity index (χ1n) is 6.44. The Morgan fingerprint density at radius 2 is 1.86 bits per heavy atom. The van der Waals surface area contributed by atoms with Gasteiger partial charge in [0.1, 0.15) is 0 Å². The molecule has 0 aromatic heterocycles. The highest BCUT2D eigenvalue weighted by atomic mass is 35.5. The molecule has 0 aliphatic heterocycles. The third-order valence-electron chi connectivity index (χ3n) is 3.19. The van der Waals surface area contributed by atoms with Crippen LogP contribution in [0, 0.1) is 6.92 Å². The number of aryl methyl sites for hydroxylation is 1. The molecule has 0 aliphatic carbocycles. The third kappa shape index (κ3) is 3.69. The fourth-order valence-electron chi connectivity index (χ4n) is 2.04. The first kappa shape index (κ1) is 15.7. The standard InChI is InChI=1S/C16H16Cl2N2O/c1-10-3-6-15(19)12(7-10)16(21)20(2)9-11-4-5-13(17)14(18)8-11/h3-8H,9,19H2,1-2H3. The number of benzene rings is 2. The Bertz CT molecular complexity index is 686. The molecule has 2 rings (SSSR count). The second kappa shape index (κ2) is 6.37. The Balaban J connectivity index is 2.19. The second-order valence-corrected chi connectivity index (χ2v) is 5.81. The first-order chi connectivity index (χ1) is 9.88. The topological polar surface area (TPSA) is 46.3 Å². The molecule has 21 heavy (non-hydrogen) atoms. The van der Waals surface area contributed by atoms with E-state index >= 15 is 0 Å². The van der Waals surface area contributed by atoms with Crippen LogP contribution in [0.2, 0.25) is 10.0 Å². The van der Waals surface area contributed by atoms with E-state index in [2.05, 4.69) is 0 Å². The number of hydrogen-bond acceptors (Lipinski definition) is 2. The minimum absolute atomic E-state index is 0.123. The van der Waals surface area contributed by atoms with Crippen molar-refractivity contribution in [3.63, 3.8) is 0 Å². The van der Waals surface area contributed by atoms with Gasteiger partial charge in [-0.2, -0.15) is 0 Å². The summed E-state index contributed by atoms with van der Waals surface area (Å²) in [7, 11) is 1.73. The molecule has 0 atom stereocenters. The van der Waals surface area contributed by atoms with Gasteiger partial charge in [0, 0.05) is 19.3 Å². The maximum atomic E-state index is 12.5. The van der Waals surface area contributed by atoms with Crippen molar-refractivity contribution in [2.24, 2.45) is 0 Å². The molecule has 0 bridgehead atoms. The van der Waals surface area contributed by atoms with E-state index in [-0.39, 0.29) is 5.91 Å². The minimum atomic E-state index is -0.123. The Morgan fingerprint density at radius 3 is 2.52 bits per heavy atom. The third-order valence-corrected chi connectivity index (χ3v) is 3.93. The SMILES string of the molecule is Cc1ccc(N)c(C(=O)N(C)Cc2ccc(Cl)c(Cl)c2)c1. The van der Waals surface area contributed by atoms with E-state index in [1.165, 1.54) is 0 Å². The van der Waals surface area contributed by atoms with Crippen LogP contribution in [0.5, 0.6) is 0 Å². The predicted molar refractivity (Wildman–Crippen MR) is 87.9 cm³/mol. The predicted octanol–water partition coefficient (Wildman–Crippen LogP) is 4.16. The van der Waals surface area contributed by atoms with Crippen LogP contribution < -0.4 is 5.73 Å². The van der Waals surface area contributed by atoms with Gasteiger partial charge in [0.05, 0.1) is 15.6 Å². The van der Waals surface area contributed by atoms with Crippen LogP contribution in [0.3, 0.4) is 0 Å². The van der Waals surface area contributed by atoms with Crippen LogP contribution in [0.25, 0.3) is 0 Å². The van der Waals surface area contributed by atoms with E-state index in [4.69, 9.17) is 28.9 Å². The van der Waals surface area contributed by atoms with E-state index in [9.17, 15) is 4.79 Å². The largest absolute Gasteiger partial charge is 0.398 e. The van der Waals surface area contributed by atoms with Gasteiger partial charge in [-0.05, 0) is 36.8 Å². The maximum absolute atomic E-state index is 12.5. The van der Waals surface area contributed by atoms with Gasteiger partial charge in [0.15, 0.2) is 0 Å². The molecular weight excluding hydrogens is 307 g/mol. The number of nitrogens with zero attached hydrogens (tertiary/aromatic N) is 1. The summed E-state index contributed by atoms with van der Waals surface area (Å²) < 4.78 is 0. The van der Waals surface area contributed by atoms with E-state index in [1.54, 1.807) is 36.2 Å². The highest BCUT2D eigenvalue weighted by Crippen LogP contribution is 2.23. The molecule has 0 heterocycles. The second-order valence-electron chi connectivity index (χ2n) is 5.00. The average Bonchev–Trinajstić information content (AvgIpc) is 2.44. The summed E-state index contributed by atoms with van der Waals surface area (Å²) in [5.74, 6) is -0.123. The zero-order chi connectivity index (χ0) is 15.6. The zero-order valence-electron chi connectivity index (χ0n) is 11.9. The minimum Gasteiger partial charge on any atom is -0.398 e. The molecule has 0 spiro atoms. The number of carbonyl (C=O) groups is 1. The van der Waals surface area contributed by atoms with Crippen LogP contribution >= 0.6 is 23.2 Å². The van der Waals surface area contributed by atoms with Crippen LogP contribution in [0.4, 0.5) is 5.69 Å². The average molecular weight is 323 g/mol. The molecule has 0 aliphatic rings. The molecule has 0 saturated carbocycles. The zero-order valence-corrected chi connectivity index (χ0v) is 13.4. The summed E-state index contributed by atoms with van der Waals surface area (Å²) in [6, 6.07) is 10.7. The van der Waals surface area contributed by atoms with Crippen molar-refractivity contribution in [1.82, 2.24) is 4.90 Å². The summed E-state index contributed by atoms with van der Waals surface area (Å²) in [5.41, 5.74) is 8.77. The van der Waals surface area contributed by atoms with Gasteiger partial charge in [0.2, 0.25) is 0 Å². The summed E-state index contributed by atoms with van der Waals surface area (Å²) in [5, 5.41) is 0.974. The molecular formula is C16H16Cl2N2O. The molecule has 2 aromatic rings. The summed E-state index contributed by atoms with van der Waals surface area (Å²) in [6.07, 6.45) is 0. The van der Waals surface area contributed by atoms with Crippen molar-refractivity contribution in [3.05, 3.63) is 63.1 Å². The van der Waals surface area contributed by atoms with Gasteiger partial charge in [-0.1, -0.05) is 40.9 Å². The molecule has 5 heteroatoms. The van der Waals surface area contributed by atoms with Crippen LogP contribution in [-0.2, 0) is 6.54 Å². The molecule has 0 radical (unpaired) electrons. The molecule has 0 unspecified atom stereocenters. The van der Waals surface area contributed by atoms with Crippen molar-refractivity contribution >= 4 is 34.8 Å². The molecule has 0 fully saturated rings. The smallest absolute Gasteiger partial charge is 0.255 e. The van der Waals surface area contributed by atoms with Gasteiger partial charge in [-0.15, -0.1) is 0 Å². The Labute approximate surface area is 134 Å². The van der Waals surface area contributed by atoms with E-state index in [0.717, 1.165) is 11.1 Å². The molecule has 3 nitrogen and oxygen atoms in total. The summed E-state index contributed by atoms with van der Waals surface area (Å²) in [4.78, 5) is 14.1. The molecule has 0 saturated heterocycles. The lowest BCUT2D eigenvalue weighted by Crippen LogP contribution is -2.27. The van der Waals surface area contributed by atoms with Crippen molar-refractivity contribution < 1.29 is 4.79 Å². The normalized spacial score (nSPS) is 10.5. The fourth-order valence-corrected chi connectivity index (χ4v) is 2.37. The lowest BCUT2D eigenvalue weighted by molar-refractivity contribution is 0.0786. The lowest BCUT2D eigenvalue weighted by Gasteiger charge is -2.19.